The van der Waals surface area contributed by atoms with Crippen molar-refractivity contribution in [2.24, 2.45) is 0 Å². The monoisotopic (exact) mass is 289 g/mol. The summed E-state index contributed by atoms with van der Waals surface area (Å²) >= 11 is 1.63. The second kappa shape index (κ2) is 6.27. The maximum Gasteiger partial charge on any atom is 0.304 e. The first-order chi connectivity index (χ1) is 9.54. The number of aryl methyl sites for hydroxylation is 2. The predicted molar refractivity (Wildman–Crippen MR) is 83.6 cm³/mol. The Kier molecular flexibility index (Phi) is 4.65. The van der Waals surface area contributed by atoms with Crippen LogP contribution in [-0.2, 0) is 11.2 Å². The number of pyridine rings is 1. The molecule has 0 spiro atoms. The number of fused-ring (bicyclic) bond motifs is 1. The molecule has 0 saturated heterocycles. The number of hydrogen-bond donors (Lipinski definition) is 1. The number of carbonyl (C=O) groups is 1. The van der Waals surface area contributed by atoms with Crippen molar-refractivity contribution in [3.63, 3.8) is 0 Å². The number of aliphatic carboxylic acids is 1. The lowest BCUT2D eigenvalue weighted by atomic mass is 10.0. The summed E-state index contributed by atoms with van der Waals surface area (Å²) in [4.78, 5) is 16.6. The molecule has 0 aliphatic heterocycles. The van der Waals surface area contributed by atoms with E-state index in [0.29, 0.717) is 5.75 Å². The highest BCUT2D eigenvalue weighted by Gasteiger charge is 2.13. The number of aromatic nitrogens is 1. The van der Waals surface area contributed by atoms with Crippen LogP contribution in [-0.4, -0.2) is 21.8 Å². The Bertz CT molecular complexity index is 652. The van der Waals surface area contributed by atoms with Crippen LogP contribution in [0.2, 0.25) is 0 Å². The molecule has 0 aliphatic rings. The molecule has 0 amide bonds. The molecule has 2 aromatic rings. The molecule has 0 saturated carbocycles. The Hall–Kier alpha value is -1.55. The molecule has 2 rings (SSSR count). The summed E-state index contributed by atoms with van der Waals surface area (Å²) < 4.78 is 0. The van der Waals surface area contributed by atoms with Crippen LogP contribution in [0.15, 0.2) is 23.1 Å². The van der Waals surface area contributed by atoms with Gasteiger partial charge in [-0.15, -0.1) is 11.8 Å². The van der Waals surface area contributed by atoms with Crippen molar-refractivity contribution in [2.45, 2.75) is 38.5 Å². The fraction of sp³-hybridized carbons (Fsp3) is 0.375. The molecule has 0 unspecified atom stereocenters. The molecule has 0 bridgehead atoms. The van der Waals surface area contributed by atoms with Crippen LogP contribution in [0.25, 0.3) is 10.9 Å². The van der Waals surface area contributed by atoms with Gasteiger partial charge < -0.3 is 5.11 Å². The van der Waals surface area contributed by atoms with Crippen LogP contribution in [0.1, 0.15) is 30.2 Å². The number of benzene rings is 1. The van der Waals surface area contributed by atoms with Gasteiger partial charge in [-0.25, -0.2) is 0 Å². The van der Waals surface area contributed by atoms with Gasteiger partial charge in [0.25, 0.3) is 0 Å². The fourth-order valence-electron chi connectivity index (χ4n) is 2.37. The molecule has 1 N–H and O–H groups in total. The van der Waals surface area contributed by atoms with Crippen LogP contribution in [0, 0.1) is 13.8 Å². The second-order valence-corrected chi connectivity index (χ2v) is 5.93. The number of para-hydroxylation sites is 1. The average Bonchev–Trinajstić information content (AvgIpc) is 2.39. The minimum absolute atomic E-state index is 0.183. The first kappa shape index (κ1) is 14.9. The van der Waals surface area contributed by atoms with Crippen LogP contribution in [0.5, 0.6) is 0 Å². The van der Waals surface area contributed by atoms with Gasteiger partial charge in [0, 0.05) is 21.7 Å². The quantitative estimate of drug-likeness (QED) is 0.846. The zero-order valence-electron chi connectivity index (χ0n) is 12.1. The van der Waals surface area contributed by atoms with Gasteiger partial charge in [0.1, 0.15) is 0 Å². The van der Waals surface area contributed by atoms with E-state index < -0.39 is 5.97 Å². The SMILES string of the molecule is CCc1c(C)nc2c(C)cccc2c1SCCC(=O)O. The molecule has 20 heavy (non-hydrogen) atoms. The van der Waals surface area contributed by atoms with Crippen LogP contribution in [0.3, 0.4) is 0 Å². The van der Waals surface area contributed by atoms with Crippen LogP contribution in [0.4, 0.5) is 0 Å². The summed E-state index contributed by atoms with van der Waals surface area (Å²) in [6, 6.07) is 6.18. The lowest BCUT2D eigenvalue weighted by molar-refractivity contribution is -0.136. The van der Waals surface area contributed by atoms with Gasteiger partial charge >= 0.3 is 5.97 Å². The number of thioether (sulfide) groups is 1. The molecule has 0 fully saturated rings. The lowest BCUT2D eigenvalue weighted by Crippen LogP contribution is -2.00. The molecule has 1 heterocycles. The minimum Gasteiger partial charge on any atom is -0.481 e. The summed E-state index contributed by atoms with van der Waals surface area (Å²) in [6.45, 7) is 6.21. The molecule has 0 atom stereocenters. The van der Waals surface area contributed by atoms with E-state index in [2.05, 4.69) is 26.0 Å². The number of carboxylic acids is 1. The van der Waals surface area contributed by atoms with Gasteiger partial charge in [-0.2, -0.15) is 0 Å². The van der Waals surface area contributed by atoms with Gasteiger partial charge in [0.05, 0.1) is 11.9 Å². The lowest BCUT2D eigenvalue weighted by Gasteiger charge is -2.14. The van der Waals surface area contributed by atoms with Gasteiger partial charge in [0.15, 0.2) is 0 Å². The maximum absolute atomic E-state index is 10.7. The Balaban J connectivity index is 2.52. The first-order valence-electron chi connectivity index (χ1n) is 6.78. The van der Waals surface area contributed by atoms with Gasteiger partial charge in [-0.1, -0.05) is 25.1 Å². The van der Waals surface area contributed by atoms with E-state index in [1.807, 2.05) is 13.0 Å². The van der Waals surface area contributed by atoms with Crippen molar-refractivity contribution in [1.29, 1.82) is 0 Å². The molecule has 106 valence electrons. The average molecular weight is 289 g/mol. The number of carboxylic acid groups (broad SMARTS) is 1. The van der Waals surface area contributed by atoms with E-state index >= 15 is 0 Å². The number of rotatable bonds is 5. The van der Waals surface area contributed by atoms with E-state index in [1.54, 1.807) is 11.8 Å². The van der Waals surface area contributed by atoms with Crippen LogP contribution < -0.4 is 0 Å². The molecule has 3 nitrogen and oxygen atoms in total. The fourth-order valence-corrected chi connectivity index (χ4v) is 3.64. The molecule has 1 aromatic heterocycles. The smallest absolute Gasteiger partial charge is 0.304 e. The van der Waals surface area contributed by atoms with Crippen molar-refractivity contribution >= 4 is 28.6 Å². The predicted octanol–water partition coefficient (Wildman–Crippen LogP) is 3.98. The highest BCUT2D eigenvalue weighted by Crippen LogP contribution is 2.34. The van der Waals surface area contributed by atoms with E-state index in [0.717, 1.165) is 28.6 Å². The third-order valence-corrected chi connectivity index (χ3v) is 4.55. The standard InChI is InChI=1S/C16H19NO2S/c1-4-12-11(3)17-15-10(2)6-5-7-13(15)16(12)20-9-8-14(18)19/h5-7H,4,8-9H2,1-3H3,(H,18,19). The molecular formula is C16H19NO2S. The minimum atomic E-state index is -0.748. The normalized spacial score (nSPS) is 10.9. The largest absolute Gasteiger partial charge is 0.481 e. The van der Waals surface area contributed by atoms with Gasteiger partial charge in [-0.3, -0.25) is 9.78 Å². The summed E-state index contributed by atoms with van der Waals surface area (Å²) in [5, 5.41) is 9.95. The second-order valence-electron chi connectivity index (χ2n) is 4.82. The zero-order chi connectivity index (χ0) is 14.7. The summed E-state index contributed by atoms with van der Waals surface area (Å²) in [5.41, 5.74) is 4.47. The highest BCUT2D eigenvalue weighted by atomic mass is 32.2. The summed E-state index contributed by atoms with van der Waals surface area (Å²) in [6.07, 6.45) is 1.10. The van der Waals surface area contributed by atoms with Crippen molar-refractivity contribution in [3.05, 3.63) is 35.0 Å². The van der Waals surface area contributed by atoms with Crippen molar-refractivity contribution < 1.29 is 9.90 Å². The van der Waals surface area contributed by atoms with Crippen molar-refractivity contribution in [3.8, 4) is 0 Å². The molecule has 1 aromatic carbocycles. The topological polar surface area (TPSA) is 50.2 Å². The summed E-state index contributed by atoms with van der Waals surface area (Å²) in [7, 11) is 0. The molecule has 4 heteroatoms. The van der Waals surface area contributed by atoms with Crippen molar-refractivity contribution in [2.75, 3.05) is 5.75 Å². The Morgan fingerprint density at radius 1 is 1.35 bits per heavy atom. The Labute approximate surface area is 123 Å². The van der Waals surface area contributed by atoms with E-state index in [4.69, 9.17) is 10.1 Å². The van der Waals surface area contributed by atoms with Crippen molar-refractivity contribution in [1.82, 2.24) is 4.98 Å². The third kappa shape index (κ3) is 2.96. The zero-order valence-corrected chi connectivity index (χ0v) is 12.9. The molecule has 0 aliphatic carbocycles. The van der Waals surface area contributed by atoms with Crippen LogP contribution >= 0.6 is 11.8 Å². The van der Waals surface area contributed by atoms with E-state index in [9.17, 15) is 4.79 Å². The number of nitrogens with zero attached hydrogens (tertiary/aromatic N) is 1. The van der Waals surface area contributed by atoms with E-state index in [1.165, 1.54) is 10.5 Å². The van der Waals surface area contributed by atoms with E-state index in [-0.39, 0.29) is 6.42 Å². The summed E-state index contributed by atoms with van der Waals surface area (Å²) in [5.74, 6) is -0.156. The van der Waals surface area contributed by atoms with Gasteiger partial charge in [0.2, 0.25) is 0 Å². The Morgan fingerprint density at radius 2 is 2.10 bits per heavy atom. The maximum atomic E-state index is 10.7. The first-order valence-corrected chi connectivity index (χ1v) is 7.76. The highest BCUT2D eigenvalue weighted by molar-refractivity contribution is 7.99. The molecular weight excluding hydrogens is 270 g/mol. The van der Waals surface area contributed by atoms with Gasteiger partial charge in [-0.05, 0) is 31.4 Å². The Morgan fingerprint density at radius 3 is 2.75 bits per heavy atom. The third-order valence-electron chi connectivity index (χ3n) is 3.39. The number of hydrogen-bond acceptors (Lipinski definition) is 3. The molecule has 0 radical (unpaired) electrons.